The van der Waals surface area contributed by atoms with E-state index in [0.717, 1.165) is 32.5 Å². The van der Waals surface area contributed by atoms with Crippen molar-refractivity contribution in [1.82, 2.24) is 10.2 Å². The highest BCUT2D eigenvalue weighted by atomic mass is 16.5. The van der Waals surface area contributed by atoms with Gasteiger partial charge in [0, 0.05) is 25.5 Å². The van der Waals surface area contributed by atoms with Crippen LogP contribution in [0.2, 0.25) is 0 Å². The molecule has 1 heterocycles. The molecular weight excluding hydrogens is 344 g/mol. The standard InChI is InChI=1S/C21H32N2O4/c1-21(2,3)27-14-11-18(20(25)26)22-19(24)17-9-12-23(13-10-17)15-16-7-5-4-6-8-16/h4-8,17-18H,9-15H2,1-3H3,(H,22,24)(H,25,26). The molecule has 1 saturated heterocycles. The van der Waals surface area contributed by atoms with Gasteiger partial charge >= 0.3 is 5.97 Å². The monoisotopic (exact) mass is 376 g/mol. The summed E-state index contributed by atoms with van der Waals surface area (Å²) in [5.74, 6) is -1.29. The van der Waals surface area contributed by atoms with Crippen molar-refractivity contribution in [3.8, 4) is 0 Å². The van der Waals surface area contributed by atoms with Gasteiger partial charge in [0.1, 0.15) is 6.04 Å². The van der Waals surface area contributed by atoms with E-state index in [0.29, 0.717) is 6.61 Å². The number of nitrogens with zero attached hydrogens (tertiary/aromatic N) is 1. The smallest absolute Gasteiger partial charge is 0.326 e. The van der Waals surface area contributed by atoms with E-state index >= 15 is 0 Å². The number of benzene rings is 1. The van der Waals surface area contributed by atoms with Crippen molar-refractivity contribution in [1.29, 1.82) is 0 Å². The van der Waals surface area contributed by atoms with Gasteiger partial charge in [0.2, 0.25) is 5.91 Å². The minimum Gasteiger partial charge on any atom is -0.480 e. The first-order chi connectivity index (χ1) is 12.7. The molecule has 1 aliphatic heterocycles. The fourth-order valence-corrected chi connectivity index (χ4v) is 3.22. The third kappa shape index (κ3) is 7.69. The summed E-state index contributed by atoms with van der Waals surface area (Å²) in [5, 5.41) is 12.1. The molecule has 1 atom stereocenters. The maximum Gasteiger partial charge on any atom is 0.326 e. The highest BCUT2D eigenvalue weighted by Crippen LogP contribution is 2.19. The predicted octanol–water partition coefficient (Wildman–Crippen LogP) is 2.67. The Hall–Kier alpha value is -1.92. The molecule has 0 radical (unpaired) electrons. The molecule has 0 spiro atoms. The second-order valence-electron chi connectivity index (χ2n) is 8.18. The minimum absolute atomic E-state index is 0.123. The Kier molecular flexibility index (Phi) is 7.80. The molecule has 0 bridgehead atoms. The molecule has 1 aromatic carbocycles. The molecule has 0 saturated carbocycles. The van der Waals surface area contributed by atoms with Crippen LogP contribution >= 0.6 is 0 Å². The summed E-state index contributed by atoms with van der Waals surface area (Å²) in [6.45, 7) is 8.64. The third-order valence-corrected chi connectivity index (χ3v) is 4.76. The molecule has 150 valence electrons. The highest BCUT2D eigenvalue weighted by Gasteiger charge is 2.28. The van der Waals surface area contributed by atoms with Crippen LogP contribution in [0.1, 0.15) is 45.6 Å². The van der Waals surface area contributed by atoms with Gasteiger partial charge in [-0.2, -0.15) is 0 Å². The lowest BCUT2D eigenvalue weighted by atomic mass is 9.95. The van der Waals surface area contributed by atoms with Gasteiger partial charge in [-0.15, -0.1) is 0 Å². The number of nitrogens with one attached hydrogen (secondary N) is 1. The summed E-state index contributed by atoms with van der Waals surface area (Å²) in [5.41, 5.74) is 0.948. The molecule has 2 N–H and O–H groups in total. The van der Waals surface area contributed by atoms with E-state index in [4.69, 9.17) is 4.74 Å². The van der Waals surface area contributed by atoms with Crippen molar-refractivity contribution in [3.05, 3.63) is 35.9 Å². The number of hydrogen-bond donors (Lipinski definition) is 2. The van der Waals surface area contributed by atoms with Gasteiger partial charge in [0.05, 0.1) is 5.60 Å². The quantitative estimate of drug-likeness (QED) is 0.729. The number of piperidine rings is 1. The summed E-state index contributed by atoms with van der Waals surface area (Å²) in [6, 6.07) is 9.38. The van der Waals surface area contributed by atoms with Crippen LogP contribution in [-0.4, -0.2) is 53.2 Å². The van der Waals surface area contributed by atoms with Crippen molar-refractivity contribution >= 4 is 11.9 Å². The van der Waals surface area contributed by atoms with E-state index in [-0.39, 0.29) is 23.8 Å². The Balaban J connectivity index is 1.77. The van der Waals surface area contributed by atoms with Gasteiger partial charge < -0.3 is 15.2 Å². The van der Waals surface area contributed by atoms with E-state index in [1.54, 1.807) is 0 Å². The van der Waals surface area contributed by atoms with E-state index in [1.165, 1.54) is 5.56 Å². The minimum atomic E-state index is -1.01. The molecule has 1 aliphatic rings. The topological polar surface area (TPSA) is 78.9 Å². The van der Waals surface area contributed by atoms with Gasteiger partial charge in [-0.25, -0.2) is 4.79 Å². The van der Waals surface area contributed by atoms with Crippen LogP contribution in [0.25, 0.3) is 0 Å². The van der Waals surface area contributed by atoms with Gasteiger partial charge in [-0.05, 0) is 52.3 Å². The van der Waals surface area contributed by atoms with Crippen molar-refractivity contribution in [2.45, 2.75) is 58.2 Å². The molecule has 6 heteroatoms. The maximum absolute atomic E-state index is 12.5. The van der Waals surface area contributed by atoms with Gasteiger partial charge in [0.25, 0.3) is 0 Å². The lowest BCUT2D eigenvalue weighted by molar-refractivity contribution is -0.143. The van der Waals surface area contributed by atoms with E-state index in [1.807, 2.05) is 39.0 Å². The first-order valence-corrected chi connectivity index (χ1v) is 9.68. The Morgan fingerprint density at radius 3 is 2.41 bits per heavy atom. The molecule has 0 aliphatic carbocycles. The normalized spacial score (nSPS) is 17.4. The number of amides is 1. The third-order valence-electron chi connectivity index (χ3n) is 4.76. The summed E-state index contributed by atoms with van der Waals surface area (Å²) in [7, 11) is 0. The van der Waals surface area contributed by atoms with Crippen LogP contribution in [-0.2, 0) is 20.9 Å². The average molecular weight is 376 g/mol. The molecule has 2 rings (SSSR count). The van der Waals surface area contributed by atoms with Gasteiger partial charge in [-0.3, -0.25) is 9.69 Å². The summed E-state index contributed by atoms with van der Waals surface area (Å²) in [4.78, 5) is 26.3. The second kappa shape index (κ2) is 9.85. The number of carboxylic acid groups (broad SMARTS) is 1. The second-order valence-corrected chi connectivity index (χ2v) is 8.18. The van der Waals surface area contributed by atoms with Gasteiger partial charge in [-0.1, -0.05) is 30.3 Å². The SMILES string of the molecule is CC(C)(C)OCCC(NC(=O)C1CCN(Cc2ccccc2)CC1)C(=O)O. The Bertz CT molecular complexity index is 604. The number of carboxylic acids is 1. The van der Waals surface area contributed by atoms with Crippen LogP contribution in [0.3, 0.4) is 0 Å². The molecule has 1 amide bonds. The number of ether oxygens (including phenoxy) is 1. The van der Waals surface area contributed by atoms with Crippen molar-refractivity contribution in [2.24, 2.45) is 5.92 Å². The fraction of sp³-hybridized carbons (Fsp3) is 0.619. The van der Waals surface area contributed by atoms with Gasteiger partial charge in [0.15, 0.2) is 0 Å². The lowest BCUT2D eigenvalue weighted by Crippen LogP contribution is -2.47. The lowest BCUT2D eigenvalue weighted by Gasteiger charge is -2.32. The van der Waals surface area contributed by atoms with Crippen LogP contribution in [0.5, 0.6) is 0 Å². The molecule has 6 nitrogen and oxygen atoms in total. The Labute approximate surface area is 161 Å². The van der Waals surface area contributed by atoms with E-state index in [9.17, 15) is 14.7 Å². The van der Waals surface area contributed by atoms with Crippen molar-refractivity contribution < 1.29 is 19.4 Å². The molecular formula is C21H32N2O4. The summed E-state index contributed by atoms with van der Waals surface area (Å²) >= 11 is 0. The van der Waals surface area contributed by atoms with Crippen LogP contribution in [0.4, 0.5) is 0 Å². The van der Waals surface area contributed by atoms with Crippen LogP contribution in [0.15, 0.2) is 30.3 Å². The summed E-state index contributed by atoms with van der Waals surface area (Å²) < 4.78 is 5.59. The summed E-state index contributed by atoms with van der Waals surface area (Å²) in [6.07, 6.45) is 1.78. The zero-order valence-electron chi connectivity index (χ0n) is 16.6. The number of aliphatic carboxylic acids is 1. The number of rotatable bonds is 8. The molecule has 1 unspecified atom stereocenters. The molecule has 1 fully saturated rings. The number of hydrogen-bond acceptors (Lipinski definition) is 4. The highest BCUT2D eigenvalue weighted by molar-refractivity contribution is 5.85. The van der Waals surface area contributed by atoms with E-state index in [2.05, 4.69) is 22.3 Å². The van der Waals surface area contributed by atoms with Crippen molar-refractivity contribution in [2.75, 3.05) is 19.7 Å². The fourth-order valence-electron chi connectivity index (χ4n) is 3.22. The molecule has 0 aromatic heterocycles. The van der Waals surface area contributed by atoms with E-state index < -0.39 is 12.0 Å². The Morgan fingerprint density at radius 2 is 1.85 bits per heavy atom. The number of carbonyl (C=O) groups is 2. The average Bonchev–Trinajstić information content (AvgIpc) is 2.61. The number of likely N-dealkylation sites (tertiary alicyclic amines) is 1. The first-order valence-electron chi connectivity index (χ1n) is 9.68. The predicted molar refractivity (Wildman–Crippen MR) is 104 cm³/mol. The zero-order chi connectivity index (χ0) is 19.9. The number of carbonyl (C=O) groups excluding carboxylic acids is 1. The molecule has 27 heavy (non-hydrogen) atoms. The largest absolute Gasteiger partial charge is 0.480 e. The first kappa shape index (κ1) is 21.4. The Morgan fingerprint density at radius 1 is 1.22 bits per heavy atom. The molecule has 1 aromatic rings. The van der Waals surface area contributed by atoms with Crippen LogP contribution < -0.4 is 5.32 Å². The zero-order valence-corrected chi connectivity index (χ0v) is 16.6. The van der Waals surface area contributed by atoms with Crippen molar-refractivity contribution in [3.63, 3.8) is 0 Å². The maximum atomic E-state index is 12.5. The van der Waals surface area contributed by atoms with Crippen LogP contribution in [0, 0.1) is 5.92 Å².